The minimum absolute atomic E-state index is 0.0890. The van der Waals surface area contributed by atoms with Crippen LogP contribution >= 0.6 is 0 Å². The van der Waals surface area contributed by atoms with E-state index in [0.717, 1.165) is 83.7 Å². The Morgan fingerprint density at radius 2 is 1.71 bits per heavy atom. The number of aromatic nitrogens is 4. The Labute approximate surface area is 241 Å². The van der Waals surface area contributed by atoms with Gasteiger partial charge in [0.15, 0.2) is 5.65 Å². The highest BCUT2D eigenvalue weighted by molar-refractivity contribution is 5.83. The number of para-hydroxylation sites is 1. The molecule has 1 aromatic carbocycles. The molecule has 3 fully saturated rings. The summed E-state index contributed by atoms with van der Waals surface area (Å²) in [4.78, 5) is 30.0. The third kappa shape index (κ3) is 6.38. The van der Waals surface area contributed by atoms with E-state index >= 15 is 0 Å². The maximum Gasteiger partial charge on any atom is 0.224 e. The summed E-state index contributed by atoms with van der Waals surface area (Å²) in [5.74, 6) is 1.47. The summed E-state index contributed by atoms with van der Waals surface area (Å²) in [7, 11) is 2.14. The minimum atomic E-state index is -0.345. The Hall–Kier alpha value is -3.11. The molecule has 2 aromatic heterocycles. The molecule has 2 saturated carbocycles. The third-order valence-electron chi connectivity index (χ3n) is 9.40. The van der Waals surface area contributed by atoms with Gasteiger partial charge in [-0.3, -0.25) is 9.36 Å². The molecule has 9 nitrogen and oxygen atoms in total. The summed E-state index contributed by atoms with van der Waals surface area (Å²) in [5.41, 5.74) is 1.71. The van der Waals surface area contributed by atoms with E-state index in [2.05, 4.69) is 32.1 Å². The number of hydrogen-bond acceptors (Lipinski definition) is 8. The maximum atomic E-state index is 14.6. The molecule has 3 aromatic rings. The molecule has 10 heteroatoms. The Kier molecular flexibility index (Phi) is 8.48. The zero-order valence-electron chi connectivity index (χ0n) is 23.9. The second-order valence-electron chi connectivity index (χ2n) is 12.3. The second-order valence-corrected chi connectivity index (χ2v) is 12.3. The van der Waals surface area contributed by atoms with Gasteiger partial charge < -0.3 is 20.6 Å². The number of halogens is 1. The fourth-order valence-corrected chi connectivity index (χ4v) is 6.96. The Morgan fingerprint density at radius 1 is 0.951 bits per heavy atom. The first-order valence-electron chi connectivity index (χ1n) is 15.4. The van der Waals surface area contributed by atoms with E-state index in [1.165, 1.54) is 6.07 Å². The summed E-state index contributed by atoms with van der Waals surface area (Å²) in [6, 6.07) is 6.90. The number of carbonyl (C=O) groups excluding carboxylic acids is 1. The molecule has 2 aliphatic carbocycles. The van der Waals surface area contributed by atoms with E-state index in [-0.39, 0.29) is 35.8 Å². The SMILES string of the molecule is CN1CCCC(C(=O)[C@H]2CC[C@@H](n3c(Nc4ccccc4F)nc4cnc(N[C@H]5CC[C@H](O)CC5)nc43)CC2)CC1. The number of benzene rings is 1. The Bertz CT molecular complexity index is 1350. The van der Waals surface area contributed by atoms with Crippen molar-refractivity contribution < 1.29 is 14.3 Å². The number of nitrogens with one attached hydrogen (secondary N) is 2. The van der Waals surface area contributed by atoms with Crippen LogP contribution in [0.4, 0.5) is 22.0 Å². The molecule has 1 aliphatic heterocycles. The van der Waals surface area contributed by atoms with Gasteiger partial charge in [-0.2, -0.15) is 4.98 Å². The number of hydrogen-bond donors (Lipinski definition) is 3. The maximum absolute atomic E-state index is 14.6. The second kappa shape index (κ2) is 12.4. The van der Waals surface area contributed by atoms with Crippen LogP contribution < -0.4 is 10.6 Å². The van der Waals surface area contributed by atoms with Crippen molar-refractivity contribution in [2.75, 3.05) is 30.8 Å². The van der Waals surface area contributed by atoms with Crippen molar-refractivity contribution in [3.63, 3.8) is 0 Å². The first-order valence-corrected chi connectivity index (χ1v) is 15.4. The van der Waals surface area contributed by atoms with Gasteiger partial charge in [-0.05, 0) is 103 Å². The highest BCUT2D eigenvalue weighted by Crippen LogP contribution is 2.39. The van der Waals surface area contributed by atoms with Crippen LogP contribution in [0.1, 0.15) is 76.7 Å². The lowest BCUT2D eigenvalue weighted by molar-refractivity contribution is -0.128. The van der Waals surface area contributed by atoms with E-state index in [1.54, 1.807) is 24.4 Å². The number of likely N-dealkylation sites (tertiary alicyclic amines) is 1. The Morgan fingerprint density at radius 3 is 2.49 bits per heavy atom. The largest absolute Gasteiger partial charge is 0.393 e. The molecular weight excluding hydrogens is 521 g/mol. The van der Waals surface area contributed by atoms with E-state index in [9.17, 15) is 14.3 Å². The van der Waals surface area contributed by atoms with E-state index < -0.39 is 0 Å². The standard InChI is InChI=1S/C31H42FN7O2/c1-38-17-4-5-20(16-18-38)28(41)21-8-12-23(13-9-21)39-29-27(36-31(39)35-26-7-3-2-6-25(26)32)19-33-30(37-29)34-22-10-14-24(40)15-11-22/h2-3,6-7,19-24,40H,4-5,8-18H2,1H3,(H,35,36)(H,33,34,37)/t20?,21-,22-,23+,24-. The number of aliphatic hydroxyl groups excluding tert-OH is 1. The molecule has 3 heterocycles. The monoisotopic (exact) mass is 563 g/mol. The van der Waals surface area contributed by atoms with Crippen molar-refractivity contribution in [2.45, 2.75) is 88.8 Å². The predicted octanol–water partition coefficient (Wildman–Crippen LogP) is 5.46. The number of carbonyl (C=O) groups is 1. The fourth-order valence-electron chi connectivity index (χ4n) is 6.96. The van der Waals surface area contributed by atoms with Crippen LogP contribution in [0.25, 0.3) is 11.2 Å². The molecule has 3 aliphatic rings. The topological polar surface area (TPSA) is 108 Å². The zero-order valence-corrected chi connectivity index (χ0v) is 23.9. The van der Waals surface area contributed by atoms with Crippen LogP contribution in [0, 0.1) is 17.7 Å². The molecule has 41 heavy (non-hydrogen) atoms. The summed E-state index contributed by atoms with van der Waals surface area (Å²) in [6.45, 7) is 2.07. The van der Waals surface area contributed by atoms with Gasteiger partial charge in [0.25, 0.3) is 0 Å². The first kappa shape index (κ1) is 28.0. The van der Waals surface area contributed by atoms with Crippen LogP contribution in [0.3, 0.4) is 0 Å². The lowest BCUT2D eigenvalue weighted by Gasteiger charge is -2.31. The van der Waals surface area contributed by atoms with Gasteiger partial charge in [-0.15, -0.1) is 0 Å². The zero-order chi connectivity index (χ0) is 28.3. The van der Waals surface area contributed by atoms with E-state index in [4.69, 9.17) is 9.97 Å². The van der Waals surface area contributed by atoms with E-state index in [0.29, 0.717) is 34.5 Å². The van der Waals surface area contributed by atoms with Gasteiger partial charge in [0.05, 0.1) is 18.0 Å². The van der Waals surface area contributed by atoms with Crippen LogP contribution in [0.15, 0.2) is 30.5 Å². The molecule has 6 rings (SSSR count). The molecule has 1 saturated heterocycles. The summed E-state index contributed by atoms with van der Waals surface area (Å²) in [6.07, 6.45) is 11.2. The molecule has 1 unspecified atom stereocenters. The van der Waals surface area contributed by atoms with Crippen LogP contribution in [-0.4, -0.2) is 67.6 Å². The predicted molar refractivity (Wildman–Crippen MR) is 158 cm³/mol. The molecular formula is C31H42FN7O2. The van der Waals surface area contributed by atoms with Crippen molar-refractivity contribution in [3.05, 3.63) is 36.3 Å². The molecule has 220 valence electrons. The number of imidazole rings is 1. The number of fused-ring (bicyclic) bond motifs is 1. The lowest BCUT2D eigenvalue weighted by atomic mass is 9.78. The van der Waals surface area contributed by atoms with Crippen LogP contribution in [-0.2, 0) is 4.79 Å². The average Bonchev–Trinajstić information content (AvgIpc) is 3.18. The number of ketones is 1. The fraction of sp³-hybridized carbons (Fsp3) is 0.613. The van der Waals surface area contributed by atoms with Gasteiger partial charge in [-0.1, -0.05) is 12.1 Å². The lowest BCUT2D eigenvalue weighted by Crippen LogP contribution is -2.30. The summed E-state index contributed by atoms with van der Waals surface area (Å²) < 4.78 is 16.7. The van der Waals surface area contributed by atoms with Crippen molar-refractivity contribution >= 4 is 34.5 Å². The number of nitrogens with zero attached hydrogens (tertiary/aromatic N) is 5. The highest BCUT2D eigenvalue weighted by atomic mass is 19.1. The molecule has 1 atom stereocenters. The first-order chi connectivity index (χ1) is 19.9. The van der Waals surface area contributed by atoms with Crippen LogP contribution in [0.2, 0.25) is 0 Å². The highest BCUT2D eigenvalue weighted by Gasteiger charge is 2.34. The van der Waals surface area contributed by atoms with Gasteiger partial charge in [0.2, 0.25) is 11.9 Å². The number of anilines is 3. The van der Waals surface area contributed by atoms with Gasteiger partial charge in [-0.25, -0.2) is 14.4 Å². The van der Waals surface area contributed by atoms with Crippen molar-refractivity contribution in [1.29, 1.82) is 0 Å². The number of Topliss-reactive ketones (excluding diaryl/α,β-unsaturated/α-hetero) is 1. The quantitative estimate of drug-likeness (QED) is 0.348. The molecule has 0 amide bonds. The average molecular weight is 564 g/mol. The van der Waals surface area contributed by atoms with Gasteiger partial charge in [0.1, 0.15) is 17.1 Å². The minimum Gasteiger partial charge on any atom is -0.393 e. The summed E-state index contributed by atoms with van der Waals surface area (Å²) >= 11 is 0. The van der Waals surface area contributed by atoms with E-state index in [1.807, 2.05) is 0 Å². The van der Waals surface area contributed by atoms with Gasteiger partial charge >= 0.3 is 0 Å². The molecule has 0 bridgehead atoms. The van der Waals surface area contributed by atoms with Crippen molar-refractivity contribution in [2.24, 2.45) is 11.8 Å². The summed E-state index contributed by atoms with van der Waals surface area (Å²) in [5, 5.41) is 16.6. The van der Waals surface area contributed by atoms with Crippen molar-refractivity contribution in [1.82, 2.24) is 24.4 Å². The molecule has 0 radical (unpaired) electrons. The Balaban J connectivity index is 1.24. The van der Waals surface area contributed by atoms with Gasteiger partial charge in [0, 0.05) is 23.9 Å². The smallest absolute Gasteiger partial charge is 0.224 e. The molecule has 0 spiro atoms. The number of rotatable bonds is 7. The normalized spacial score (nSPS) is 27.8. The number of aliphatic hydroxyl groups is 1. The third-order valence-corrected chi connectivity index (χ3v) is 9.40. The molecule has 3 N–H and O–H groups in total. The van der Waals surface area contributed by atoms with Crippen molar-refractivity contribution in [3.8, 4) is 0 Å². The van der Waals surface area contributed by atoms with Crippen LogP contribution in [0.5, 0.6) is 0 Å².